The van der Waals surface area contributed by atoms with Gasteiger partial charge in [-0.3, -0.25) is 4.79 Å². The summed E-state index contributed by atoms with van der Waals surface area (Å²) in [5.41, 5.74) is 1.40. The van der Waals surface area contributed by atoms with Gasteiger partial charge in [-0.05, 0) is 44.5 Å². The Bertz CT molecular complexity index is 581. The van der Waals surface area contributed by atoms with Crippen LogP contribution in [-0.4, -0.2) is 16.4 Å². The van der Waals surface area contributed by atoms with E-state index in [1.165, 1.54) is 12.1 Å². The summed E-state index contributed by atoms with van der Waals surface area (Å²) in [6.07, 6.45) is 2.01. The molecule has 0 saturated heterocycles. The molecule has 3 nitrogen and oxygen atoms in total. The Labute approximate surface area is 105 Å². The highest BCUT2D eigenvalue weighted by atomic mass is 19.1. The number of fused-ring (bicyclic) bond motifs is 1. The molecule has 0 radical (unpaired) electrons. The van der Waals surface area contributed by atoms with Crippen LogP contribution in [-0.2, 0) is 11.2 Å². The van der Waals surface area contributed by atoms with Crippen LogP contribution in [0.5, 0.6) is 0 Å². The summed E-state index contributed by atoms with van der Waals surface area (Å²) >= 11 is 0. The molecule has 0 aliphatic carbocycles. The van der Waals surface area contributed by atoms with Crippen molar-refractivity contribution in [2.45, 2.75) is 32.7 Å². The molecule has 1 aromatic heterocycles. The number of H-pyrrole nitrogens is 1. The first-order chi connectivity index (χ1) is 8.35. The third kappa shape index (κ3) is 2.88. The minimum Gasteiger partial charge on any atom is -0.361 e. The van der Waals surface area contributed by atoms with E-state index < -0.39 is 0 Å². The fourth-order valence-corrected chi connectivity index (χ4v) is 1.93. The molecule has 2 rings (SSSR count). The number of halogens is 1. The molecule has 96 valence electrons. The second kappa shape index (κ2) is 4.44. The normalized spacial score (nSPS) is 11.8. The number of carbonyl (C=O) groups is 1. The Morgan fingerprint density at radius 1 is 1.39 bits per heavy atom. The first-order valence-electron chi connectivity index (χ1n) is 5.92. The third-order valence-electron chi connectivity index (χ3n) is 2.59. The highest BCUT2D eigenvalue weighted by Crippen LogP contribution is 2.20. The van der Waals surface area contributed by atoms with E-state index in [2.05, 4.69) is 10.3 Å². The zero-order valence-corrected chi connectivity index (χ0v) is 10.8. The van der Waals surface area contributed by atoms with Crippen LogP contribution >= 0.6 is 0 Å². The summed E-state index contributed by atoms with van der Waals surface area (Å²) in [7, 11) is 0. The Balaban J connectivity index is 2.22. The topological polar surface area (TPSA) is 44.9 Å². The number of amides is 1. The van der Waals surface area contributed by atoms with E-state index in [1.807, 2.05) is 20.8 Å². The lowest BCUT2D eigenvalue weighted by atomic mass is 10.1. The van der Waals surface area contributed by atoms with E-state index in [1.54, 1.807) is 12.3 Å². The van der Waals surface area contributed by atoms with Crippen LogP contribution in [0.3, 0.4) is 0 Å². The number of carbonyl (C=O) groups excluding carboxylic acids is 1. The van der Waals surface area contributed by atoms with Gasteiger partial charge in [-0.25, -0.2) is 4.39 Å². The lowest BCUT2D eigenvalue weighted by Gasteiger charge is -2.20. The number of hydrogen-bond acceptors (Lipinski definition) is 1. The number of aromatic nitrogens is 1. The summed E-state index contributed by atoms with van der Waals surface area (Å²) < 4.78 is 13.2. The van der Waals surface area contributed by atoms with E-state index in [0.717, 1.165) is 16.5 Å². The molecule has 0 saturated carbocycles. The largest absolute Gasteiger partial charge is 0.361 e. The van der Waals surface area contributed by atoms with Crippen molar-refractivity contribution < 1.29 is 9.18 Å². The van der Waals surface area contributed by atoms with Gasteiger partial charge < -0.3 is 10.3 Å². The molecule has 0 aliphatic heterocycles. The van der Waals surface area contributed by atoms with Gasteiger partial charge in [0.2, 0.25) is 5.91 Å². The second-order valence-corrected chi connectivity index (χ2v) is 5.48. The van der Waals surface area contributed by atoms with E-state index in [9.17, 15) is 9.18 Å². The number of aromatic amines is 1. The molecule has 4 heteroatoms. The van der Waals surface area contributed by atoms with Gasteiger partial charge in [-0.2, -0.15) is 0 Å². The van der Waals surface area contributed by atoms with Gasteiger partial charge in [0.25, 0.3) is 0 Å². The molecule has 2 N–H and O–H groups in total. The summed E-state index contributed by atoms with van der Waals surface area (Å²) in [6, 6.07) is 4.53. The SMILES string of the molecule is CC(C)(C)NC(=O)Cc1c[nH]c2ccc(F)cc12. The maximum atomic E-state index is 13.2. The minimum atomic E-state index is -0.292. The van der Waals surface area contributed by atoms with Crippen LogP contribution in [0.4, 0.5) is 4.39 Å². The quantitative estimate of drug-likeness (QED) is 0.843. The Morgan fingerprint density at radius 3 is 2.78 bits per heavy atom. The van der Waals surface area contributed by atoms with E-state index in [0.29, 0.717) is 0 Å². The smallest absolute Gasteiger partial charge is 0.224 e. The number of rotatable bonds is 2. The molecule has 18 heavy (non-hydrogen) atoms. The molecule has 0 atom stereocenters. The van der Waals surface area contributed by atoms with Crippen LogP contribution in [0.25, 0.3) is 10.9 Å². The predicted molar refractivity (Wildman–Crippen MR) is 69.9 cm³/mol. The predicted octanol–water partition coefficient (Wildman–Crippen LogP) is 2.76. The van der Waals surface area contributed by atoms with Gasteiger partial charge in [-0.1, -0.05) is 0 Å². The van der Waals surface area contributed by atoms with Gasteiger partial charge in [0.15, 0.2) is 0 Å². The number of nitrogens with one attached hydrogen (secondary N) is 2. The third-order valence-corrected chi connectivity index (χ3v) is 2.59. The maximum absolute atomic E-state index is 13.2. The van der Waals surface area contributed by atoms with Crippen LogP contribution in [0.15, 0.2) is 24.4 Å². The van der Waals surface area contributed by atoms with Crippen molar-refractivity contribution >= 4 is 16.8 Å². The lowest BCUT2D eigenvalue weighted by Crippen LogP contribution is -2.41. The van der Waals surface area contributed by atoms with E-state index >= 15 is 0 Å². The first kappa shape index (κ1) is 12.6. The monoisotopic (exact) mass is 248 g/mol. The van der Waals surface area contributed by atoms with Gasteiger partial charge >= 0.3 is 0 Å². The average Bonchev–Trinajstić information content (AvgIpc) is 2.58. The van der Waals surface area contributed by atoms with Crippen molar-refractivity contribution in [3.05, 3.63) is 35.8 Å². The zero-order valence-electron chi connectivity index (χ0n) is 10.8. The summed E-state index contributed by atoms with van der Waals surface area (Å²) in [5, 5.41) is 3.65. The van der Waals surface area contributed by atoms with Crippen molar-refractivity contribution in [2.75, 3.05) is 0 Å². The van der Waals surface area contributed by atoms with Gasteiger partial charge in [0.1, 0.15) is 5.82 Å². The zero-order chi connectivity index (χ0) is 13.3. The standard InChI is InChI=1S/C14H17FN2O/c1-14(2,3)17-13(18)6-9-8-16-12-5-4-10(15)7-11(9)12/h4-5,7-8,16H,6H2,1-3H3,(H,17,18). The number of benzene rings is 1. The van der Waals surface area contributed by atoms with Crippen molar-refractivity contribution in [2.24, 2.45) is 0 Å². The highest BCUT2D eigenvalue weighted by Gasteiger charge is 2.15. The van der Waals surface area contributed by atoms with E-state index in [-0.39, 0.29) is 23.7 Å². The Hall–Kier alpha value is -1.84. The Kier molecular flexibility index (Phi) is 3.11. The molecule has 1 heterocycles. The highest BCUT2D eigenvalue weighted by molar-refractivity contribution is 5.89. The van der Waals surface area contributed by atoms with E-state index in [4.69, 9.17) is 0 Å². The van der Waals surface area contributed by atoms with Crippen LogP contribution in [0.2, 0.25) is 0 Å². The van der Waals surface area contributed by atoms with Crippen LogP contribution < -0.4 is 5.32 Å². The fourth-order valence-electron chi connectivity index (χ4n) is 1.93. The van der Waals surface area contributed by atoms with Gasteiger partial charge in [0.05, 0.1) is 6.42 Å². The van der Waals surface area contributed by atoms with Crippen molar-refractivity contribution in [3.8, 4) is 0 Å². The molecule has 1 amide bonds. The molecular weight excluding hydrogens is 231 g/mol. The average molecular weight is 248 g/mol. The Morgan fingerprint density at radius 2 is 2.11 bits per heavy atom. The molecule has 0 spiro atoms. The molecule has 0 unspecified atom stereocenters. The summed E-state index contributed by atoms with van der Waals surface area (Å²) in [6.45, 7) is 5.79. The van der Waals surface area contributed by atoms with Gasteiger partial charge in [0, 0.05) is 22.6 Å². The summed E-state index contributed by atoms with van der Waals surface area (Å²) in [5.74, 6) is -0.354. The summed E-state index contributed by atoms with van der Waals surface area (Å²) in [4.78, 5) is 14.9. The molecule has 0 bridgehead atoms. The minimum absolute atomic E-state index is 0.0624. The van der Waals surface area contributed by atoms with Crippen molar-refractivity contribution in [3.63, 3.8) is 0 Å². The molecular formula is C14H17FN2O. The second-order valence-electron chi connectivity index (χ2n) is 5.48. The molecule has 1 aromatic carbocycles. The molecule has 2 aromatic rings. The van der Waals surface area contributed by atoms with Crippen molar-refractivity contribution in [1.82, 2.24) is 10.3 Å². The van der Waals surface area contributed by atoms with Crippen LogP contribution in [0, 0.1) is 5.82 Å². The van der Waals surface area contributed by atoms with Crippen LogP contribution in [0.1, 0.15) is 26.3 Å². The van der Waals surface area contributed by atoms with Crippen molar-refractivity contribution in [1.29, 1.82) is 0 Å². The first-order valence-corrected chi connectivity index (χ1v) is 5.92. The maximum Gasteiger partial charge on any atom is 0.224 e. The molecule has 0 fully saturated rings. The number of hydrogen-bond donors (Lipinski definition) is 2. The fraction of sp³-hybridized carbons (Fsp3) is 0.357. The lowest BCUT2D eigenvalue weighted by molar-refractivity contribution is -0.121. The molecule has 0 aliphatic rings. The van der Waals surface area contributed by atoms with Gasteiger partial charge in [-0.15, -0.1) is 0 Å².